The van der Waals surface area contributed by atoms with Gasteiger partial charge in [0.1, 0.15) is 0 Å². The SMILES string of the molecule is Cc1c(N)ccc(=O)n1Cc1ccsc1. The Hall–Kier alpha value is -1.55. The van der Waals surface area contributed by atoms with Crippen LogP contribution in [0.3, 0.4) is 0 Å². The fraction of sp³-hybridized carbons (Fsp3) is 0.182. The highest BCUT2D eigenvalue weighted by molar-refractivity contribution is 7.07. The predicted octanol–water partition coefficient (Wildman–Crippen LogP) is 1.85. The van der Waals surface area contributed by atoms with Gasteiger partial charge in [0.2, 0.25) is 0 Å². The highest BCUT2D eigenvalue weighted by atomic mass is 32.1. The van der Waals surface area contributed by atoms with Gasteiger partial charge in [-0.3, -0.25) is 4.79 Å². The molecule has 2 rings (SSSR count). The van der Waals surface area contributed by atoms with Gasteiger partial charge in [0.15, 0.2) is 0 Å². The average Bonchev–Trinajstić information content (AvgIpc) is 2.71. The van der Waals surface area contributed by atoms with Crippen molar-refractivity contribution < 1.29 is 0 Å². The van der Waals surface area contributed by atoms with Crippen LogP contribution in [0.5, 0.6) is 0 Å². The summed E-state index contributed by atoms with van der Waals surface area (Å²) < 4.78 is 1.69. The maximum absolute atomic E-state index is 11.6. The lowest BCUT2D eigenvalue weighted by atomic mass is 10.2. The first-order valence-electron chi connectivity index (χ1n) is 4.65. The van der Waals surface area contributed by atoms with Crippen molar-refractivity contribution in [2.75, 3.05) is 5.73 Å². The van der Waals surface area contributed by atoms with E-state index in [4.69, 9.17) is 5.73 Å². The summed E-state index contributed by atoms with van der Waals surface area (Å²) in [6.45, 7) is 2.46. The number of rotatable bonds is 2. The Morgan fingerprint density at radius 2 is 2.20 bits per heavy atom. The smallest absolute Gasteiger partial charge is 0.251 e. The van der Waals surface area contributed by atoms with Crippen molar-refractivity contribution in [3.05, 3.63) is 50.6 Å². The van der Waals surface area contributed by atoms with Gasteiger partial charge in [-0.15, -0.1) is 0 Å². The normalized spacial score (nSPS) is 10.5. The first kappa shape index (κ1) is 9.98. The van der Waals surface area contributed by atoms with Gasteiger partial charge in [-0.1, -0.05) is 0 Å². The summed E-state index contributed by atoms with van der Waals surface area (Å²) in [5, 5.41) is 4.04. The van der Waals surface area contributed by atoms with Crippen LogP contribution < -0.4 is 11.3 Å². The van der Waals surface area contributed by atoms with E-state index >= 15 is 0 Å². The monoisotopic (exact) mass is 220 g/mol. The summed E-state index contributed by atoms with van der Waals surface area (Å²) in [5.41, 5.74) is 8.37. The quantitative estimate of drug-likeness (QED) is 0.839. The van der Waals surface area contributed by atoms with Gasteiger partial charge >= 0.3 is 0 Å². The fourth-order valence-electron chi connectivity index (χ4n) is 1.45. The maximum Gasteiger partial charge on any atom is 0.251 e. The Morgan fingerprint density at radius 1 is 1.40 bits per heavy atom. The predicted molar refractivity (Wildman–Crippen MR) is 63.3 cm³/mol. The lowest BCUT2D eigenvalue weighted by molar-refractivity contribution is 0.734. The molecule has 78 valence electrons. The summed E-state index contributed by atoms with van der Waals surface area (Å²) in [7, 11) is 0. The molecular formula is C11H12N2OS. The van der Waals surface area contributed by atoms with Crippen molar-refractivity contribution in [1.29, 1.82) is 0 Å². The van der Waals surface area contributed by atoms with Crippen LogP contribution in [0.1, 0.15) is 11.3 Å². The topological polar surface area (TPSA) is 48.0 Å². The van der Waals surface area contributed by atoms with Gasteiger partial charge in [-0.2, -0.15) is 11.3 Å². The molecule has 2 N–H and O–H groups in total. The van der Waals surface area contributed by atoms with E-state index in [1.165, 1.54) is 6.07 Å². The van der Waals surface area contributed by atoms with Gasteiger partial charge < -0.3 is 10.3 Å². The fourth-order valence-corrected chi connectivity index (χ4v) is 2.11. The zero-order valence-corrected chi connectivity index (χ0v) is 9.25. The van der Waals surface area contributed by atoms with Crippen LogP contribution in [0.15, 0.2) is 33.8 Å². The molecule has 0 saturated carbocycles. The van der Waals surface area contributed by atoms with E-state index < -0.39 is 0 Å². The minimum Gasteiger partial charge on any atom is -0.397 e. The number of nitrogens with two attached hydrogens (primary N) is 1. The Kier molecular flexibility index (Phi) is 2.60. The van der Waals surface area contributed by atoms with Crippen LogP contribution in [0.2, 0.25) is 0 Å². The van der Waals surface area contributed by atoms with Crippen LogP contribution >= 0.6 is 11.3 Å². The molecule has 0 aliphatic rings. The second kappa shape index (κ2) is 3.90. The third-order valence-corrected chi connectivity index (χ3v) is 3.15. The second-order valence-corrected chi connectivity index (χ2v) is 4.21. The van der Waals surface area contributed by atoms with E-state index in [0.717, 1.165) is 11.3 Å². The molecule has 0 aromatic carbocycles. The maximum atomic E-state index is 11.6. The van der Waals surface area contributed by atoms with E-state index in [1.807, 2.05) is 23.8 Å². The molecule has 15 heavy (non-hydrogen) atoms. The van der Waals surface area contributed by atoms with E-state index in [9.17, 15) is 4.79 Å². The van der Waals surface area contributed by atoms with Crippen molar-refractivity contribution in [1.82, 2.24) is 4.57 Å². The summed E-state index contributed by atoms with van der Waals surface area (Å²) in [5.74, 6) is 0. The van der Waals surface area contributed by atoms with Crippen LogP contribution in [0, 0.1) is 6.92 Å². The Bertz CT molecular complexity index is 514. The van der Waals surface area contributed by atoms with Crippen LogP contribution in [-0.2, 0) is 6.54 Å². The second-order valence-electron chi connectivity index (χ2n) is 3.43. The Labute approximate surface area is 91.8 Å². The third kappa shape index (κ3) is 1.94. The summed E-state index contributed by atoms with van der Waals surface area (Å²) in [4.78, 5) is 11.6. The molecule has 0 amide bonds. The molecule has 0 spiro atoms. The molecular weight excluding hydrogens is 208 g/mol. The lowest BCUT2D eigenvalue weighted by Gasteiger charge is -2.10. The summed E-state index contributed by atoms with van der Waals surface area (Å²) in [6.07, 6.45) is 0. The number of nitrogens with zero attached hydrogens (tertiary/aromatic N) is 1. The van der Waals surface area contributed by atoms with E-state index in [-0.39, 0.29) is 5.56 Å². The van der Waals surface area contributed by atoms with E-state index in [2.05, 4.69) is 0 Å². The lowest BCUT2D eigenvalue weighted by Crippen LogP contribution is -2.22. The highest BCUT2D eigenvalue weighted by Gasteiger charge is 2.04. The van der Waals surface area contributed by atoms with Crippen molar-refractivity contribution in [3.8, 4) is 0 Å². The van der Waals surface area contributed by atoms with Crippen LogP contribution in [-0.4, -0.2) is 4.57 Å². The minimum atomic E-state index is -0.00657. The van der Waals surface area contributed by atoms with Gasteiger partial charge in [0, 0.05) is 11.8 Å². The van der Waals surface area contributed by atoms with Gasteiger partial charge in [-0.05, 0) is 35.4 Å². The number of thiophene rings is 1. The molecule has 0 atom stereocenters. The molecule has 0 saturated heterocycles. The standard InChI is InChI=1S/C11H12N2OS/c1-8-10(12)2-3-11(14)13(8)6-9-4-5-15-7-9/h2-5,7H,6,12H2,1H3. The molecule has 0 unspecified atom stereocenters. The Balaban J connectivity index is 2.44. The molecule has 2 heterocycles. The molecule has 2 aromatic heterocycles. The van der Waals surface area contributed by atoms with Gasteiger partial charge in [0.05, 0.1) is 12.2 Å². The van der Waals surface area contributed by atoms with E-state index in [0.29, 0.717) is 12.2 Å². The number of anilines is 1. The molecule has 0 radical (unpaired) electrons. The molecule has 0 bridgehead atoms. The third-order valence-electron chi connectivity index (χ3n) is 2.41. The van der Waals surface area contributed by atoms with E-state index in [1.54, 1.807) is 22.0 Å². The van der Waals surface area contributed by atoms with Crippen molar-refractivity contribution in [2.24, 2.45) is 0 Å². The molecule has 3 nitrogen and oxygen atoms in total. The van der Waals surface area contributed by atoms with Crippen LogP contribution in [0.4, 0.5) is 5.69 Å². The van der Waals surface area contributed by atoms with Crippen LogP contribution in [0.25, 0.3) is 0 Å². The molecule has 0 fully saturated rings. The van der Waals surface area contributed by atoms with Gasteiger partial charge in [-0.25, -0.2) is 0 Å². The molecule has 4 heteroatoms. The van der Waals surface area contributed by atoms with Crippen molar-refractivity contribution in [2.45, 2.75) is 13.5 Å². The number of hydrogen-bond acceptors (Lipinski definition) is 3. The number of hydrogen-bond donors (Lipinski definition) is 1. The van der Waals surface area contributed by atoms with Gasteiger partial charge in [0.25, 0.3) is 5.56 Å². The average molecular weight is 220 g/mol. The largest absolute Gasteiger partial charge is 0.397 e. The number of aromatic nitrogens is 1. The summed E-state index contributed by atoms with van der Waals surface area (Å²) >= 11 is 1.63. The molecule has 2 aromatic rings. The number of nitrogen functional groups attached to an aromatic ring is 1. The molecule has 0 aliphatic carbocycles. The Morgan fingerprint density at radius 3 is 2.87 bits per heavy atom. The zero-order valence-electron chi connectivity index (χ0n) is 8.43. The first-order chi connectivity index (χ1) is 7.18. The zero-order chi connectivity index (χ0) is 10.8. The highest BCUT2D eigenvalue weighted by Crippen LogP contribution is 2.11. The minimum absolute atomic E-state index is 0.00657. The first-order valence-corrected chi connectivity index (χ1v) is 5.60. The summed E-state index contributed by atoms with van der Waals surface area (Å²) in [6, 6.07) is 5.18. The van der Waals surface area contributed by atoms with Crippen molar-refractivity contribution >= 4 is 17.0 Å². The molecule has 0 aliphatic heterocycles. The number of pyridine rings is 1. The van der Waals surface area contributed by atoms with Crippen molar-refractivity contribution in [3.63, 3.8) is 0 Å².